The van der Waals surface area contributed by atoms with Crippen molar-refractivity contribution in [2.45, 2.75) is 56.7 Å². The first-order chi connectivity index (χ1) is 8.66. The lowest BCUT2D eigenvalue weighted by atomic mass is 9.91. The van der Waals surface area contributed by atoms with Gasteiger partial charge in [-0.3, -0.25) is 9.69 Å². The Kier molecular flexibility index (Phi) is 5.37. The zero-order valence-electron chi connectivity index (χ0n) is 11.3. The number of carbonyl (C=O) groups is 1. The standard InChI is InChI=1S/C14H25NO2S/c1-11-13(5-3-9-18-11)15-8-2-4-12(10-15)6-7-14(16)17/h11-13H,2-10H2,1H3,(H,16,17). The molecule has 0 aromatic heterocycles. The molecule has 2 saturated heterocycles. The maximum absolute atomic E-state index is 10.7. The van der Waals surface area contributed by atoms with Gasteiger partial charge < -0.3 is 5.11 Å². The van der Waals surface area contributed by atoms with Crippen LogP contribution in [0.15, 0.2) is 0 Å². The molecule has 0 saturated carbocycles. The van der Waals surface area contributed by atoms with E-state index in [9.17, 15) is 4.79 Å². The molecule has 3 unspecified atom stereocenters. The molecule has 0 aromatic carbocycles. The topological polar surface area (TPSA) is 40.5 Å². The number of piperidine rings is 1. The smallest absolute Gasteiger partial charge is 0.303 e. The highest BCUT2D eigenvalue weighted by atomic mass is 32.2. The molecule has 4 heteroatoms. The second kappa shape index (κ2) is 6.80. The first-order valence-corrected chi connectivity index (χ1v) is 8.29. The van der Waals surface area contributed by atoms with Crippen molar-refractivity contribution < 1.29 is 9.90 Å². The SMILES string of the molecule is CC1SCCCC1N1CCCC(CCC(=O)O)C1. The van der Waals surface area contributed by atoms with Gasteiger partial charge in [0.15, 0.2) is 0 Å². The highest BCUT2D eigenvalue weighted by Gasteiger charge is 2.31. The third-order valence-electron chi connectivity index (χ3n) is 4.35. The molecule has 0 radical (unpaired) electrons. The molecule has 3 nitrogen and oxygen atoms in total. The van der Waals surface area contributed by atoms with Crippen LogP contribution in [0.25, 0.3) is 0 Å². The van der Waals surface area contributed by atoms with Crippen molar-refractivity contribution >= 4 is 17.7 Å². The van der Waals surface area contributed by atoms with Gasteiger partial charge in [0.2, 0.25) is 0 Å². The van der Waals surface area contributed by atoms with E-state index >= 15 is 0 Å². The minimum absolute atomic E-state index is 0.341. The maximum Gasteiger partial charge on any atom is 0.303 e. The predicted octanol–water partition coefficient (Wildman–Crippen LogP) is 2.85. The minimum Gasteiger partial charge on any atom is -0.481 e. The summed E-state index contributed by atoms with van der Waals surface area (Å²) in [4.78, 5) is 13.3. The monoisotopic (exact) mass is 271 g/mol. The van der Waals surface area contributed by atoms with Crippen LogP contribution in [-0.4, -0.2) is 46.1 Å². The fourth-order valence-corrected chi connectivity index (χ4v) is 4.58. The van der Waals surface area contributed by atoms with Crippen LogP contribution in [0.2, 0.25) is 0 Å². The molecule has 18 heavy (non-hydrogen) atoms. The van der Waals surface area contributed by atoms with Crippen molar-refractivity contribution in [3.05, 3.63) is 0 Å². The van der Waals surface area contributed by atoms with E-state index in [1.807, 2.05) is 0 Å². The molecule has 1 N–H and O–H groups in total. The normalized spacial score (nSPS) is 34.4. The van der Waals surface area contributed by atoms with Crippen molar-refractivity contribution in [1.29, 1.82) is 0 Å². The van der Waals surface area contributed by atoms with Gasteiger partial charge in [0, 0.05) is 24.3 Å². The van der Waals surface area contributed by atoms with Gasteiger partial charge >= 0.3 is 5.97 Å². The predicted molar refractivity (Wildman–Crippen MR) is 76.1 cm³/mol. The van der Waals surface area contributed by atoms with E-state index < -0.39 is 5.97 Å². The fraction of sp³-hybridized carbons (Fsp3) is 0.929. The average Bonchev–Trinajstić information content (AvgIpc) is 2.37. The Bertz CT molecular complexity index is 285. The molecule has 2 fully saturated rings. The Hall–Kier alpha value is -0.220. The number of carboxylic acid groups (broad SMARTS) is 1. The van der Waals surface area contributed by atoms with Crippen molar-refractivity contribution in [1.82, 2.24) is 4.90 Å². The maximum atomic E-state index is 10.7. The first kappa shape index (κ1) is 14.2. The van der Waals surface area contributed by atoms with Crippen molar-refractivity contribution in [3.63, 3.8) is 0 Å². The molecule has 0 aliphatic carbocycles. The number of carboxylic acids is 1. The van der Waals surface area contributed by atoms with Crippen LogP contribution in [0.1, 0.15) is 45.4 Å². The van der Waals surface area contributed by atoms with Gasteiger partial charge in [0.25, 0.3) is 0 Å². The van der Waals surface area contributed by atoms with Gasteiger partial charge in [0.05, 0.1) is 0 Å². The van der Waals surface area contributed by atoms with E-state index in [4.69, 9.17) is 5.11 Å². The molecule has 3 atom stereocenters. The number of hydrogen-bond acceptors (Lipinski definition) is 3. The number of likely N-dealkylation sites (tertiary alicyclic amines) is 1. The fourth-order valence-electron chi connectivity index (χ4n) is 3.35. The molecular formula is C14H25NO2S. The summed E-state index contributed by atoms with van der Waals surface area (Å²) >= 11 is 2.10. The first-order valence-electron chi connectivity index (χ1n) is 7.24. The molecular weight excluding hydrogens is 246 g/mol. The Labute approximate surface area is 114 Å². The number of aliphatic carboxylic acids is 1. The zero-order chi connectivity index (χ0) is 13.0. The van der Waals surface area contributed by atoms with Gasteiger partial charge in [0.1, 0.15) is 0 Å². The van der Waals surface area contributed by atoms with E-state index in [1.54, 1.807) is 0 Å². The Balaban J connectivity index is 1.83. The number of nitrogens with zero attached hydrogens (tertiary/aromatic N) is 1. The summed E-state index contributed by atoms with van der Waals surface area (Å²) in [6, 6.07) is 0.733. The lowest BCUT2D eigenvalue weighted by Crippen LogP contribution is -2.48. The van der Waals surface area contributed by atoms with Crippen LogP contribution in [0.5, 0.6) is 0 Å². The highest BCUT2D eigenvalue weighted by molar-refractivity contribution is 7.99. The van der Waals surface area contributed by atoms with Crippen LogP contribution in [-0.2, 0) is 4.79 Å². The van der Waals surface area contributed by atoms with Gasteiger partial charge in [-0.2, -0.15) is 11.8 Å². The highest BCUT2D eigenvalue weighted by Crippen LogP contribution is 2.32. The summed E-state index contributed by atoms with van der Waals surface area (Å²) in [5.74, 6) is 1.27. The van der Waals surface area contributed by atoms with Crippen molar-refractivity contribution in [2.24, 2.45) is 5.92 Å². The lowest BCUT2D eigenvalue weighted by molar-refractivity contribution is -0.137. The third kappa shape index (κ3) is 3.89. The third-order valence-corrected chi connectivity index (χ3v) is 5.72. The number of hydrogen-bond donors (Lipinski definition) is 1. The molecule has 2 heterocycles. The Morgan fingerprint density at radius 1 is 1.39 bits per heavy atom. The van der Waals surface area contributed by atoms with E-state index in [0.717, 1.165) is 24.3 Å². The van der Waals surface area contributed by atoms with E-state index in [0.29, 0.717) is 12.3 Å². The molecule has 0 aromatic rings. The van der Waals surface area contributed by atoms with Crippen molar-refractivity contribution in [2.75, 3.05) is 18.8 Å². The molecule has 0 spiro atoms. The molecule has 0 bridgehead atoms. The zero-order valence-corrected chi connectivity index (χ0v) is 12.1. The van der Waals surface area contributed by atoms with Gasteiger partial charge in [-0.05, 0) is 50.3 Å². The lowest BCUT2D eigenvalue weighted by Gasteiger charge is -2.42. The van der Waals surface area contributed by atoms with Crippen LogP contribution in [0.4, 0.5) is 0 Å². The van der Waals surface area contributed by atoms with Gasteiger partial charge in [-0.1, -0.05) is 6.92 Å². The summed E-state index contributed by atoms with van der Waals surface area (Å²) in [6.07, 6.45) is 6.35. The molecule has 2 aliphatic rings. The minimum atomic E-state index is -0.645. The Morgan fingerprint density at radius 2 is 2.22 bits per heavy atom. The van der Waals surface area contributed by atoms with Gasteiger partial charge in [-0.25, -0.2) is 0 Å². The van der Waals surface area contributed by atoms with E-state index in [-0.39, 0.29) is 0 Å². The molecule has 104 valence electrons. The average molecular weight is 271 g/mol. The number of rotatable bonds is 4. The number of thioether (sulfide) groups is 1. The Morgan fingerprint density at radius 3 is 2.94 bits per heavy atom. The quantitative estimate of drug-likeness (QED) is 0.853. The molecule has 0 amide bonds. The summed E-state index contributed by atoms with van der Waals surface area (Å²) in [7, 11) is 0. The summed E-state index contributed by atoms with van der Waals surface area (Å²) in [5.41, 5.74) is 0. The molecule has 2 rings (SSSR count). The summed E-state index contributed by atoms with van der Waals surface area (Å²) < 4.78 is 0. The van der Waals surface area contributed by atoms with Crippen LogP contribution in [0.3, 0.4) is 0 Å². The summed E-state index contributed by atoms with van der Waals surface area (Å²) in [5, 5.41) is 9.53. The molecule has 2 aliphatic heterocycles. The van der Waals surface area contributed by atoms with Crippen molar-refractivity contribution in [3.8, 4) is 0 Å². The van der Waals surface area contributed by atoms with E-state index in [1.165, 1.54) is 38.0 Å². The van der Waals surface area contributed by atoms with E-state index in [2.05, 4.69) is 23.6 Å². The van der Waals surface area contributed by atoms with Crippen LogP contribution >= 0.6 is 11.8 Å². The largest absolute Gasteiger partial charge is 0.481 e. The van der Waals surface area contributed by atoms with Crippen LogP contribution < -0.4 is 0 Å². The second-order valence-electron chi connectivity index (χ2n) is 5.72. The second-order valence-corrected chi connectivity index (χ2v) is 7.21. The van der Waals surface area contributed by atoms with Crippen LogP contribution in [0, 0.1) is 5.92 Å². The van der Waals surface area contributed by atoms with Gasteiger partial charge in [-0.15, -0.1) is 0 Å². The summed E-state index contributed by atoms with van der Waals surface area (Å²) in [6.45, 7) is 4.71.